The van der Waals surface area contributed by atoms with Crippen LogP contribution in [0.2, 0.25) is 0 Å². The molecule has 1 aliphatic heterocycles. The maximum Gasteiger partial charge on any atom is 0.297 e. The van der Waals surface area contributed by atoms with Gasteiger partial charge >= 0.3 is 0 Å². The first-order valence-corrected chi connectivity index (χ1v) is 7.26. The van der Waals surface area contributed by atoms with Crippen LogP contribution in [0.3, 0.4) is 0 Å². The van der Waals surface area contributed by atoms with Crippen LogP contribution in [-0.4, -0.2) is 31.4 Å². The molecule has 8 heteroatoms. The molecule has 1 aliphatic rings. The van der Waals surface area contributed by atoms with Gasteiger partial charge in [-0.2, -0.15) is 9.97 Å². The second kappa shape index (κ2) is 4.41. The molecule has 3 aromatic rings. The number of thiophene rings is 1. The van der Waals surface area contributed by atoms with Crippen molar-refractivity contribution < 1.29 is 4.52 Å². The van der Waals surface area contributed by atoms with Gasteiger partial charge in [0.1, 0.15) is 0 Å². The second-order valence-corrected chi connectivity index (χ2v) is 5.59. The number of aryl methyl sites for hydroxylation is 2. The molecule has 0 fully saturated rings. The molecule has 0 atom stereocenters. The van der Waals surface area contributed by atoms with Crippen molar-refractivity contribution in [1.29, 1.82) is 0 Å². The van der Waals surface area contributed by atoms with Crippen LogP contribution in [0.5, 0.6) is 0 Å². The lowest BCUT2D eigenvalue weighted by molar-refractivity contribution is 0.429. The van der Waals surface area contributed by atoms with E-state index in [1.165, 1.54) is 5.56 Å². The molecule has 0 saturated carbocycles. The predicted molar refractivity (Wildman–Crippen MR) is 74.5 cm³/mol. The van der Waals surface area contributed by atoms with E-state index in [1.54, 1.807) is 11.3 Å². The minimum absolute atomic E-state index is 0.356. The third-order valence-electron chi connectivity index (χ3n) is 3.07. The molecule has 1 N–H and O–H groups in total. The number of aromatic nitrogens is 5. The van der Waals surface area contributed by atoms with Crippen LogP contribution < -0.4 is 5.32 Å². The summed E-state index contributed by atoms with van der Waals surface area (Å²) in [4.78, 5) is 9.74. The van der Waals surface area contributed by atoms with Gasteiger partial charge in [0.25, 0.3) is 5.89 Å². The Morgan fingerprint density at radius 2 is 2.30 bits per heavy atom. The molecule has 4 rings (SSSR count). The van der Waals surface area contributed by atoms with Gasteiger partial charge in [-0.3, -0.25) is 0 Å². The minimum Gasteiger partial charge on any atom is -0.354 e. The highest BCUT2D eigenvalue weighted by Crippen LogP contribution is 2.26. The first-order chi connectivity index (χ1) is 9.79. The number of fused-ring (bicyclic) bond motifs is 1. The molecule has 0 bridgehead atoms. The number of nitrogens with zero attached hydrogens (tertiary/aromatic N) is 5. The van der Waals surface area contributed by atoms with Gasteiger partial charge in [0, 0.05) is 13.1 Å². The molecule has 0 radical (unpaired) electrons. The maximum absolute atomic E-state index is 5.27. The monoisotopic (exact) mass is 288 g/mol. The lowest BCUT2D eigenvalue weighted by atomic mass is 10.3. The van der Waals surface area contributed by atoms with Crippen LogP contribution >= 0.6 is 11.3 Å². The Morgan fingerprint density at radius 3 is 3.10 bits per heavy atom. The van der Waals surface area contributed by atoms with Gasteiger partial charge in [0.15, 0.2) is 0 Å². The summed E-state index contributed by atoms with van der Waals surface area (Å²) in [6.07, 6.45) is 1.04. The molecule has 102 valence electrons. The van der Waals surface area contributed by atoms with Gasteiger partial charge in [0.2, 0.25) is 17.6 Å². The van der Waals surface area contributed by atoms with Crippen LogP contribution in [0.25, 0.3) is 22.4 Å². The predicted octanol–water partition coefficient (Wildman–Crippen LogP) is 2.18. The fraction of sp³-hybridized carbons (Fsp3) is 0.333. The zero-order chi connectivity index (χ0) is 13.5. The van der Waals surface area contributed by atoms with Crippen LogP contribution in [0.4, 0.5) is 5.95 Å². The van der Waals surface area contributed by atoms with Gasteiger partial charge in [-0.15, -0.1) is 16.4 Å². The van der Waals surface area contributed by atoms with Gasteiger partial charge < -0.3 is 9.84 Å². The molecule has 0 saturated heterocycles. The van der Waals surface area contributed by atoms with Crippen molar-refractivity contribution in [3.05, 3.63) is 17.0 Å². The molecule has 0 spiro atoms. The fourth-order valence-electron chi connectivity index (χ4n) is 2.11. The van der Waals surface area contributed by atoms with Crippen molar-refractivity contribution in [2.24, 2.45) is 0 Å². The molecular weight excluding hydrogens is 276 g/mol. The van der Waals surface area contributed by atoms with E-state index in [9.17, 15) is 0 Å². The van der Waals surface area contributed by atoms with Gasteiger partial charge in [0.05, 0.1) is 4.88 Å². The van der Waals surface area contributed by atoms with Crippen molar-refractivity contribution in [2.45, 2.75) is 19.9 Å². The first-order valence-electron chi connectivity index (χ1n) is 6.38. The minimum atomic E-state index is 0.356. The average molecular weight is 288 g/mol. The van der Waals surface area contributed by atoms with E-state index < -0.39 is 0 Å². The highest BCUT2D eigenvalue weighted by Gasteiger charge is 2.19. The molecule has 0 unspecified atom stereocenters. The summed E-state index contributed by atoms with van der Waals surface area (Å²) < 4.78 is 7.10. The Morgan fingerprint density at radius 1 is 1.35 bits per heavy atom. The van der Waals surface area contributed by atoms with Crippen molar-refractivity contribution >= 4 is 17.3 Å². The number of nitrogens with one attached hydrogen (secondary N) is 1. The molecular formula is C12H12N6OS. The van der Waals surface area contributed by atoms with Crippen molar-refractivity contribution in [3.8, 4) is 22.4 Å². The smallest absolute Gasteiger partial charge is 0.297 e. The molecule has 7 nitrogen and oxygen atoms in total. The van der Waals surface area contributed by atoms with E-state index in [1.807, 2.05) is 17.7 Å². The highest BCUT2D eigenvalue weighted by molar-refractivity contribution is 7.13. The molecule has 4 heterocycles. The lowest BCUT2D eigenvalue weighted by Gasteiger charge is -2.12. The Labute approximate surface area is 118 Å². The Hall–Kier alpha value is -2.22. The second-order valence-electron chi connectivity index (χ2n) is 4.67. The van der Waals surface area contributed by atoms with E-state index in [0.717, 1.165) is 30.3 Å². The molecule has 0 amide bonds. The number of anilines is 1. The normalized spacial score (nSPS) is 14.1. The largest absolute Gasteiger partial charge is 0.354 e. The van der Waals surface area contributed by atoms with Crippen LogP contribution in [0.15, 0.2) is 16.0 Å². The first kappa shape index (κ1) is 11.6. The van der Waals surface area contributed by atoms with Crippen molar-refractivity contribution in [2.75, 3.05) is 11.9 Å². The Balaban J connectivity index is 1.69. The van der Waals surface area contributed by atoms with E-state index in [2.05, 4.69) is 30.9 Å². The van der Waals surface area contributed by atoms with E-state index >= 15 is 0 Å². The van der Waals surface area contributed by atoms with Crippen LogP contribution in [-0.2, 0) is 6.54 Å². The molecule has 20 heavy (non-hydrogen) atoms. The van der Waals surface area contributed by atoms with E-state index in [-0.39, 0.29) is 0 Å². The zero-order valence-electron chi connectivity index (χ0n) is 10.8. The van der Waals surface area contributed by atoms with Crippen LogP contribution in [0.1, 0.15) is 12.0 Å². The van der Waals surface area contributed by atoms with E-state index in [0.29, 0.717) is 17.5 Å². The summed E-state index contributed by atoms with van der Waals surface area (Å²) >= 11 is 1.60. The Bertz CT molecular complexity index is 734. The summed E-state index contributed by atoms with van der Waals surface area (Å²) in [5, 5.41) is 13.6. The Kier molecular flexibility index (Phi) is 2.56. The molecule has 0 aliphatic carbocycles. The van der Waals surface area contributed by atoms with Crippen LogP contribution in [0, 0.1) is 6.92 Å². The zero-order valence-corrected chi connectivity index (χ0v) is 11.6. The summed E-state index contributed by atoms with van der Waals surface area (Å²) in [7, 11) is 0. The third kappa shape index (κ3) is 1.88. The fourth-order valence-corrected chi connectivity index (χ4v) is 2.93. The highest BCUT2D eigenvalue weighted by atomic mass is 32.1. The maximum atomic E-state index is 5.27. The standard InChI is InChI=1S/C12H12N6OS/c1-7-5-8(20-6-7)9-14-11(19-17-9)10-15-12-13-3-2-4-18(12)16-10/h5-6H,2-4H2,1H3,(H,13,15,16). The van der Waals surface area contributed by atoms with Crippen molar-refractivity contribution in [1.82, 2.24) is 24.9 Å². The SMILES string of the molecule is Cc1csc(-c2noc(-c3nc4n(n3)CCCN4)n2)c1. The number of hydrogen-bond acceptors (Lipinski definition) is 7. The summed E-state index contributed by atoms with van der Waals surface area (Å²) in [5.41, 5.74) is 1.19. The van der Waals surface area contributed by atoms with Gasteiger partial charge in [-0.25, -0.2) is 4.68 Å². The summed E-state index contributed by atoms with van der Waals surface area (Å²) in [6, 6.07) is 2.03. The summed E-state index contributed by atoms with van der Waals surface area (Å²) in [5.74, 6) is 2.17. The quantitative estimate of drug-likeness (QED) is 0.778. The van der Waals surface area contributed by atoms with E-state index in [4.69, 9.17) is 4.52 Å². The van der Waals surface area contributed by atoms with Gasteiger partial charge in [-0.1, -0.05) is 5.16 Å². The van der Waals surface area contributed by atoms with Crippen molar-refractivity contribution in [3.63, 3.8) is 0 Å². The third-order valence-corrected chi connectivity index (χ3v) is 4.11. The number of rotatable bonds is 2. The topological polar surface area (TPSA) is 81.7 Å². The molecule has 3 aromatic heterocycles. The van der Waals surface area contributed by atoms with Gasteiger partial charge in [-0.05, 0) is 30.4 Å². The lowest BCUT2D eigenvalue weighted by Crippen LogP contribution is -2.17. The average Bonchev–Trinajstić information content (AvgIpc) is 3.16. The number of hydrogen-bond donors (Lipinski definition) is 1. The molecule has 0 aromatic carbocycles. The summed E-state index contributed by atoms with van der Waals surface area (Å²) in [6.45, 7) is 3.82.